The van der Waals surface area contributed by atoms with E-state index in [1.165, 1.54) is 11.8 Å². The number of aromatic nitrogens is 2. The van der Waals surface area contributed by atoms with Gasteiger partial charge >= 0.3 is 0 Å². The lowest BCUT2D eigenvalue weighted by Gasteiger charge is -2.05. The van der Waals surface area contributed by atoms with Gasteiger partial charge in [0, 0.05) is 17.2 Å². The molecular weight excluding hydrogens is 380 g/mol. The molecule has 1 aliphatic rings. The van der Waals surface area contributed by atoms with E-state index in [2.05, 4.69) is 19.6 Å². The van der Waals surface area contributed by atoms with E-state index in [-0.39, 0.29) is 11.7 Å². The van der Waals surface area contributed by atoms with Crippen LogP contribution in [0.3, 0.4) is 0 Å². The number of hydrogen-bond donors (Lipinski definition) is 2. The van der Waals surface area contributed by atoms with Gasteiger partial charge in [0.2, 0.25) is 5.91 Å². The second-order valence-corrected chi connectivity index (χ2v) is 9.93. The van der Waals surface area contributed by atoms with E-state index < -0.39 is 9.73 Å². The first-order chi connectivity index (χ1) is 13.1. The maximum Gasteiger partial charge on any atom is 0.234 e. The Balaban J connectivity index is 1.34. The number of H-pyrrole nitrogens is 1. The molecule has 0 aliphatic carbocycles. The molecule has 140 valence electrons. The number of rotatable bonds is 5. The molecule has 0 radical (unpaired) electrons. The highest BCUT2D eigenvalue weighted by atomic mass is 32.2. The Hall–Kier alpha value is -2.32. The first-order valence-electron chi connectivity index (χ1n) is 8.80. The molecule has 6 nitrogen and oxygen atoms in total. The summed E-state index contributed by atoms with van der Waals surface area (Å²) in [5.74, 6) is 1.53. The van der Waals surface area contributed by atoms with Crippen molar-refractivity contribution in [2.45, 2.75) is 18.0 Å². The Kier molecular flexibility index (Phi) is 5.18. The second kappa shape index (κ2) is 7.74. The molecule has 1 aromatic heterocycles. The fourth-order valence-electron chi connectivity index (χ4n) is 2.98. The van der Waals surface area contributed by atoms with Crippen LogP contribution in [0.2, 0.25) is 0 Å². The number of thioether (sulfide) groups is 1. The molecule has 2 N–H and O–H groups in total. The van der Waals surface area contributed by atoms with E-state index in [4.69, 9.17) is 0 Å². The smallest absolute Gasteiger partial charge is 0.234 e. The Morgan fingerprint density at radius 1 is 1.15 bits per heavy atom. The van der Waals surface area contributed by atoms with Gasteiger partial charge in [0.25, 0.3) is 0 Å². The van der Waals surface area contributed by atoms with Crippen LogP contribution in [0.25, 0.3) is 11.0 Å². The maximum absolute atomic E-state index is 12.5. The number of fused-ring (bicyclic) bond motifs is 1. The minimum atomic E-state index is -2.07. The number of hydrogen-bond acceptors (Lipinski definition) is 5. The lowest BCUT2D eigenvalue weighted by Crippen LogP contribution is -2.13. The quantitative estimate of drug-likeness (QED) is 0.629. The zero-order valence-corrected chi connectivity index (χ0v) is 16.3. The molecule has 1 amide bonds. The monoisotopic (exact) mass is 400 g/mol. The number of amides is 1. The first-order valence-corrected chi connectivity index (χ1v) is 11.6. The summed E-state index contributed by atoms with van der Waals surface area (Å²) < 4.78 is 16.9. The number of benzene rings is 2. The van der Waals surface area contributed by atoms with Crippen LogP contribution < -0.4 is 5.32 Å². The highest BCUT2D eigenvalue weighted by Gasteiger charge is 2.16. The van der Waals surface area contributed by atoms with Crippen molar-refractivity contribution in [3.63, 3.8) is 0 Å². The van der Waals surface area contributed by atoms with Gasteiger partial charge in [-0.1, -0.05) is 23.9 Å². The third-order valence-electron chi connectivity index (χ3n) is 4.31. The predicted octanol–water partition coefficient (Wildman–Crippen LogP) is 4.19. The molecule has 1 aliphatic heterocycles. The Labute approximate surface area is 162 Å². The fourth-order valence-corrected chi connectivity index (χ4v) is 5.86. The maximum atomic E-state index is 12.5. The van der Waals surface area contributed by atoms with Gasteiger partial charge in [0.15, 0.2) is 5.16 Å². The van der Waals surface area contributed by atoms with Crippen molar-refractivity contribution in [3.05, 3.63) is 48.5 Å². The van der Waals surface area contributed by atoms with Gasteiger partial charge in [0.05, 0.1) is 32.2 Å². The first kappa shape index (κ1) is 18.1. The number of aromatic amines is 1. The van der Waals surface area contributed by atoms with Crippen LogP contribution in [0, 0.1) is 0 Å². The third kappa shape index (κ3) is 4.51. The largest absolute Gasteiger partial charge is 0.333 e. The van der Waals surface area contributed by atoms with Gasteiger partial charge in [-0.05, 0) is 49.2 Å². The van der Waals surface area contributed by atoms with E-state index in [9.17, 15) is 9.00 Å². The fraction of sp³-hybridized carbons (Fsp3) is 0.263. The topological polar surface area (TPSA) is 87.2 Å². The van der Waals surface area contributed by atoms with Crippen molar-refractivity contribution in [2.75, 3.05) is 22.6 Å². The van der Waals surface area contributed by atoms with E-state index in [0.717, 1.165) is 29.0 Å². The number of nitrogens with one attached hydrogen (secondary N) is 2. The minimum Gasteiger partial charge on any atom is -0.333 e. The van der Waals surface area contributed by atoms with Crippen molar-refractivity contribution in [2.24, 2.45) is 4.36 Å². The van der Waals surface area contributed by atoms with Gasteiger partial charge in [-0.25, -0.2) is 9.19 Å². The van der Waals surface area contributed by atoms with Crippen molar-refractivity contribution < 1.29 is 9.00 Å². The van der Waals surface area contributed by atoms with Gasteiger partial charge in [0.1, 0.15) is 0 Å². The van der Waals surface area contributed by atoms with Gasteiger partial charge < -0.3 is 10.3 Å². The molecule has 0 unspecified atom stereocenters. The lowest BCUT2D eigenvalue weighted by atomic mass is 10.3. The summed E-state index contributed by atoms with van der Waals surface area (Å²) in [5.41, 5.74) is 3.25. The second-order valence-electron chi connectivity index (χ2n) is 6.42. The van der Waals surface area contributed by atoms with Crippen LogP contribution in [-0.2, 0) is 14.5 Å². The molecule has 2 aromatic carbocycles. The molecule has 0 saturated carbocycles. The van der Waals surface area contributed by atoms with Crippen LogP contribution in [0.1, 0.15) is 12.8 Å². The summed E-state index contributed by atoms with van der Waals surface area (Å²) in [5, 5.41) is 3.58. The molecular formula is C19H20N4O2S2. The molecule has 3 aromatic rings. The number of carbonyl (C=O) groups is 1. The predicted molar refractivity (Wildman–Crippen MR) is 111 cm³/mol. The molecule has 0 spiro atoms. The van der Waals surface area contributed by atoms with Crippen LogP contribution in [-0.4, -0.2) is 37.3 Å². The average molecular weight is 401 g/mol. The molecule has 27 heavy (non-hydrogen) atoms. The van der Waals surface area contributed by atoms with E-state index in [1.54, 1.807) is 24.3 Å². The highest BCUT2D eigenvalue weighted by Crippen LogP contribution is 2.23. The summed E-state index contributed by atoms with van der Waals surface area (Å²) in [6, 6.07) is 14.9. The lowest BCUT2D eigenvalue weighted by molar-refractivity contribution is -0.113. The third-order valence-corrected chi connectivity index (χ3v) is 7.58. The molecule has 1 saturated heterocycles. The van der Waals surface area contributed by atoms with Crippen molar-refractivity contribution >= 4 is 49.8 Å². The number of nitrogens with zero attached hydrogens (tertiary/aromatic N) is 2. The summed E-state index contributed by atoms with van der Waals surface area (Å²) in [6.07, 6.45) is 1.97. The van der Waals surface area contributed by atoms with Crippen molar-refractivity contribution in [1.29, 1.82) is 0 Å². The molecule has 2 heterocycles. The Bertz CT molecular complexity index is 1040. The Morgan fingerprint density at radius 3 is 2.63 bits per heavy atom. The summed E-state index contributed by atoms with van der Waals surface area (Å²) >= 11 is 1.36. The van der Waals surface area contributed by atoms with Crippen LogP contribution in [0.5, 0.6) is 0 Å². The van der Waals surface area contributed by atoms with E-state index >= 15 is 0 Å². The molecule has 8 heteroatoms. The van der Waals surface area contributed by atoms with Crippen molar-refractivity contribution in [1.82, 2.24) is 9.97 Å². The number of para-hydroxylation sites is 2. The number of carbonyl (C=O) groups excluding carboxylic acids is 1. The average Bonchev–Trinajstić information content (AvgIpc) is 3.27. The zero-order valence-electron chi connectivity index (χ0n) is 14.7. The van der Waals surface area contributed by atoms with E-state index in [1.807, 2.05) is 24.3 Å². The highest BCUT2D eigenvalue weighted by molar-refractivity contribution is 7.99. The van der Waals surface area contributed by atoms with Crippen LogP contribution in [0.15, 0.2) is 58.1 Å². The number of anilines is 1. The van der Waals surface area contributed by atoms with Gasteiger partial charge in [-0.3, -0.25) is 4.79 Å². The van der Waals surface area contributed by atoms with Gasteiger partial charge in [-0.2, -0.15) is 4.36 Å². The standard InChI is InChI=1S/C19H20N4O2S2/c24-18(13-26-19-21-16-5-1-2-6-17(16)22-19)20-14-7-9-15(10-8-14)23-27(25)11-3-4-12-27/h1-2,5-10H,3-4,11-13H2,(H,20,24)(H,21,22). The Morgan fingerprint density at radius 2 is 1.89 bits per heavy atom. The van der Waals surface area contributed by atoms with Crippen LogP contribution >= 0.6 is 11.8 Å². The van der Waals surface area contributed by atoms with Crippen LogP contribution in [0.4, 0.5) is 11.4 Å². The summed E-state index contributed by atoms with van der Waals surface area (Å²) in [4.78, 5) is 19.8. The van der Waals surface area contributed by atoms with Gasteiger partial charge in [-0.15, -0.1) is 0 Å². The molecule has 1 fully saturated rings. The molecule has 0 bridgehead atoms. The number of imidazole rings is 1. The minimum absolute atomic E-state index is 0.105. The molecule has 0 atom stereocenters. The van der Waals surface area contributed by atoms with Crippen molar-refractivity contribution in [3.8, 4) is 0 Å². The molecule has 4 rings (SSSR count). The summed E-state index contributed by atoms with van der Waals surface area (Å²) in [6.45, 7) is 0. The zero-order chi connectivity index (χ0) is 18.7. The van der Waals surface area contributed by atoms with E-state index in [0.29, 0.717) is 22.9 Å². The SMILES string of the molecule is O=C(CSc1nc2ccccc2[nH]1)Nc1ccc(N=S2(=O)CCCC2)cc1. The summed E-state index contributed by atoms with van der Waals surface area (Å²) in [7, 11) is -2.07. The normalized spacial score (nSPS) is 15.7.